The lowest BCUT2D eigenvalue weighted by molar-refractivity contribution is -0.142. The van der Waals surface area contributed by atoms with E-state index < -0.39 is 0 Å². The molecule has 2 heterocycles. The van der Waals surface area contributed by atoms with Crippen molar-refractivity contribution in [3.8, 4) is 11.6 Å². The predicted molar refractivity (Wildman–Crippen MR) is 123 cm³/mol. The summed E-state index contributed by atoms with van der Waals surface area (Å²) in [6.45, 7) is 5.11. The number of likely N-dealkylation sites (tertiary alicyclic amines) is 1. The fraction of sp³-hybridized carbons (Fsp3) is 0.500. The van der Waals surface area contributed by atoms with Crippen LogP contribution in [0.1, 0.15) is 61.6 Å². The van der Waals surface area contributed by atoms with E-state index >= 15 is 0 Å². The summed E-state index contributed by atoms with van der Waals surface area (Å²) >= 11 is 0. The molecule has 32 heavy (non-hydrogen) atoms. The zero-order chi connectivity index (χ0) is 22.5. The normalized spacial score (nSPS) is 19.1. The first-order valence-corrected chi connectivity index (χ1v) is 11.8. The Balaban J connectivity index is 1.31. The molecular formula is C26H33N3O3. The Morgan fingerprint density at radius 1 is 1.06 bits per heavy atom. The van der Waals surface area contributed by atoms with Gasteiger partial charge < -0.3 is 15.0 Å². The lowest BCUT2D eigenvalue weighted by Crippen LogP contribution is -2.47. The minimum absolute atomic E-state index is 0.0672. The Hall–Kier alpha value is -2.89. The summed E-state index contributed by atoms with van der Waals surface area (Å²) in [6.07, 6.45) is 8.75. The Bertz CT molecular complexity index is 951. The maximum atomic E-state index is 12.9. The van der Waals surface area contributed by atoms with Crippen LogP contribution in [0.25, 0.3) is 0 Å². The number of aromatic nitrogens is 1. The van der Waals surface area contributed by atoms with E-state index in [4.69, 9.17) is 4.74 Å². The number of nitrogens with one attached hydrogen (secondary N) is 1. The monoisotopic (exact) mass is 435 g/mol. The summed E-state index contributed by atoms with van der Waals surface area (Å²) in [5.74, 6) is 1.53. The third-order valence-corrected chi connectivity index (χ3v) is 6.62. The van der Waals surface area contributed by atoms with Gasteiger partial charge in [-0.25, -0.2) is 4.98 Å². The van der Waals surface area contributed by atoms with Crippen LogP contribution < -0.4 is 10.1 Å². The van der Waals surface area contributed by atoms with Crippen LogP contribution in [0.15, 0.2) is 36.5 Å². The number of carbonyl (C=O) groups is 2. The molecule has 1 aromatic carbocycles. The number of ether oxygens (including phenoxy) is 1. The zero-order valence-corrected chi connectivity index (χ0v) is 19.1. The van der Waals surface area contributed by atoms with Gasteiger partial charge in [-0.05, 0) is 62.3 Å². The molecule has 0 bridgehead atoms. The Morgan fingerprint density at radius 3 is 2.62 bits per heavy atom. The van der Waals surface area contributed by atoms with Crippen molar-refractivity contribution in [2.24, 2.45) is 5.92 Å². The summed E-state index contributed by atoms with van der Waals surface area (Å²) < 4.78 is 5.91. The Labute approximate surface area is 190 Å². The highest BCUT2D eigenvalue weighted by molar-refractivity contribution is 5.89. The van der Waals surface area contributed by atoms with Crippen molar-refractivity contribution in [2.45, 2.75) is 71.4 Å². The molecule has 2 aromatic rings. The predicted octanol–water partition coefficient (Wildman–Crippen LogP) is 4.68. The fourth-order valence-corrected chi connectivity index (χ4v) is 4.70. The van der Waals surface area contributed by atoms with Crippen LogP contribution in [0.2, 0.25) is 0 Å². The number of aryl methyl sites for hydroxylation is 2. The maximum Gasteiger partial charge on any atom is 0.243 e. The van der Waals surface area contributed by atoms with Crippen LogP contribution in [0, 0.1) is 19.8 Å². The van der Waals surface area contributed by atoms with Crippen LogP contribution in [0.3, 0.4) is 0 Å². The van der Waals surface area contributed by atoms with Crippen LogP contribution in [0.5, 0.6) is 11.6 Å². The van der Waals surface area contributed by atoms with Crippen LogP contribution in [-0.4, -0.2) is 34.3 Å². The molecule has 0 spiro atoms. The van der Waals surface area contributed by atoms with Crippen molar-refractivity contribution in [3.63, 3.8) is 0 Å². The number of carbonyl (C=O) groups excluding carboxylic acids is 2. The first-order chi connectivity index (χ1) is 15.5. The van der Waals surface area contributed by atoms with Gasteiger partial charge in [0.1, 0.15) is 11.8 Å². The highest BCUT2D eigenvalue weighted by Crippen LogP contribution is 2.29. The van der Waals surface area contributed by atoms with Crippen LogP contribution in [0.4, 0.5) is 0 Å². The first-order valence-electron chi connectivity index (χ1n) is 11.8. The van der Waals surface area contributed by atoms with Crippen molar-refractivity contribution in [3.05, 3.63) is 53.2 Å². The van der Waals surface area contributed by atoms with E-state index in [1.807, 2.05) is 43.0 Å². The number of benzene rings is 1. The number of hydrogen-bond acceptors (Lipinski definition) is 4. The highest BCUT2D eigenvalue weighted by atomic mass is 16.5. The third kappa shape index (κ3) is 5.29. The van der Waals surface area contributed by atoms with Gasteiger partial charge in [0.05, 0.1) is 0 Å². The summed E-state index contributed by atoms with van der Waals surface area (Å²) in [5, 5.41) is 3.00. The van der Waals surface area contributed by atoms with E-state index in [-0.39, 0.29) is 23.8 Å². The largest absolute Gasteiger partial charge is 0.439 e. The summed E-state index contributed by atoms with van der Waals surface area (Å²) in [5.41, 5.74) is 3.08. The van der Waals surface area contributed by atoms with Gasteiger partial charge in [-0.15, -0.1) is 0 Å². The van der Waals surface area contributed by atoms with Gasteiger partial charge in [0.2, 0.25) is 17.7 Å². The topological polar surface area (TPSA) is 71.5 Å². The van der Waals surface area contributed by atoms with Crippen LogP contribution >= 0.6 is 0 Å². The van der Waals surface area contributed by atoms with Gasteiger partial charge >= 0.3 is 0 Å². The van der Waals surface area contributed by atoms with Gasteiger partial charge in [-0.1, -0.05) is 37.5 Å². The van der Waals surface area contributed by atoms with E-state index in [1.165, 1.54) is 6.42 Å². The van der Waals surface area contributed by atoms with Gasteiger partial charge in [0, 0.05) is 31.3 Å². The summed E-state index contributed by atoms with van der Waals surface area (Å²) in [7, 11) is 0. The molecule has 1 aliphatic heterocycles. The number of rotatable bonds is 6. The smallest absolute Gasteiger partial charge is 0.243 e. The molecule has 6 nitrogen and oxygen atoms in total. The molecule has 6 heteroatoms. The molecule has 1 saturated carbocycles. The molecule has 0 radical (unpaired) electrons. The molecule has 170 valence electrons. The first kappa shape index (κ1) is 22.3. The van der Waals surface area contributed by atoms with Gasteiger partial charge in [-0.3, -0.25) is 9.59 Å². The lowest BCUT2D eigenvalue weighted by atomic mass is 9.88. The van der Waals surface area contributed by atoms with E-state index in [1.54, 1.807) is 6.20 Å². The van der Waals surface area contributed by atoms with Crippen molar-refractivity contribution in [1.29, 1.82) is 0 Å². The Kier molecular flexibility index (Phi) is 7.08. The van der Waals surface area contributed by atoms with Gasteiger partial charge in [-0.2, -0.15) is 0 Å². The lowest BCUT2D eigenvalue weighted by Gasteiger charge is -2.30. The summed E-state index contributed by atoms with van der Waals surface area (Å²) in [6, 6.07) is 9.46. The zero-order valence-electron chi connectivity index (χ0n) is 19.1. The SMILES string of the molecule is Cc1ccc(C)c(Oc2ccc(CNC(=O)C3CCCN3C(=O)C3CCCCC3)cn2)c1. The minimum atomic E-state index is -0.343. The second-order valence-electron chi connectivity index (χ2n) is 9.12. The molecule has 4 rings (SSSR count). The molecule has 1 unspecified atom stereocenters. The van der Waals surface area contributed by atoms with E-state index in [0.717, 1.165) is 61.0 Å². The second-order valence-corrected chi connectivity index (χ2v) is 9.12. The molecule has 1 saturated heterocycles. The van der Waals surface area contributed by atoms with Crippen molar-refractivity contribution in [1.82, 2.24) is 15.2 Å². The molecule has 1 N–H and O–H groups in total. The quantitative estimate of drug-likeness (QED) is 0.715. The molecule has 1 aromatic heterocycles. The fourth-order valence-electron chi connectivity index (χ4n) is 4.70. The standard InChI is InChI=1S/C26H33N3O3/c1-18-10-11-19(2)23(15-18)32-24-13-12-20(16-27-24)17-28-25(30)22-9-6-14-29(22)26(31)21-7-4-3-5-8-21/h10-13,15-16,21-22H,3-9,14,17H2,1-2H3,(H,28,30). The van der Waals surface area contributed by atoms with E-state index in [2.05, 4.69) is 16.4 Å². The van der Waals surface area contributed by atoms with Crippen molar-refractivity contribution >= 4 is 11.8 Å². The molecular weight excluding hydrogens is 402 g/mol. The second kappa shape index (κ2) is 10.2. The highest BCUT2D eigenvalue weighted by Gasteiger charge is 2.37. The number of pyridine rings is 1. The maximum absolute atomic E-state index is 12.9. The van der Waals surface area contributed by atoms with Crippen LogP contribution in [-0.2, 0) is 16.1 Å². The molecule has 1 aliphatic carbocycles. The summed E-state index contributed by atoms with van der Waals surface area (Å²) in [4.78, 5) is 32.0. The van der Waals surface area contributed by atoms with E-state index in [9.17, 15) is 9.59 Å². The average Bonchev–Trinajstić information content (AvgIpc) is 3.31. The third-order valence-electron chi connectivity index (χ3n) is 6.62. The number of nitrogens with zero attached hydrogens (tertiary/aromatic N) is 2. The average molecular weight is 436 g/mol. The number of hydrogen-bond donors (Lipinski definition) is 1. The molecule has 2 fully saturated rings. The molecule has 1 atom stereocenters. The van der Waals surface area contributed by atoms with Crippen molar-refractivity contribution < 1.29 is 14.3 Å². The number of amides is 2. The minimum Gasteiger partial charge on any atom is -0.439 e. The van der Waals surface area contributed by atoms with Gasteiger partial charge in [0.25, 0.3) is 0 Å². The molecule has 2 amide bonds. The Morgan fingerprint density at radius 2 is 1.88 bits per heavy atom. The van der Waals surface area contributed by atoms with Crippen molar-refractivity contribution in [2.75, 3.05) is 6.54 Å². The van der Waals surface area contributed by atoms with Gasteiger partial charge in [0.15, 0.2) is 0 Å². The molecule has 2 aliphatic rings. The van der Waals surface area contributed by atoms with E-state index in [0.29, 0.717) is 19.0 Å².